The molecule has 0 atom stereocenters. The van der Waals surface area contributed by atoms with E-state index in [1.165, 1.54) is 0 Å². The minimum absolute atomic E-state index is 0.253. The van der Waals surface area contributed by atoms with Crippen LogP contribution in [0.25, 0.3) is 0 Å². The molecule has 0 spiro atoms. The van der Waals surface area contributed by atoms with Gasteiger partial charge in [0.25, 0.3) is 0 Å². The van der Waals surface area contributed by atoms with Crippen molar-refractivity contribution in [3.63, 3.8) is 0 Å². The number of carboxylic acids is 1. The molecule has 2 rings (SSSR count). The molecule has 100 valence electrons. The van der Waals surface area contributed by atoms with Crippen LogP contribution in [0, 0.1) is 11.3 Å². The minimum Gasteiger partial charge on any atom is -0.478 e. The average Bonchev–Trinajstić information content (AvgIpc) is 2.46. The number of halogens is 1. The number of nitrogens with zero attached hydrogens (tertiary/aromatic N) is 2. The molecule has 0 aromatic heterocycles. The maximum absolute atomic E-state index is 10.8. The lowest BCUT2D eigenvalue weighted by Gasteiger charge is -2.20. The fourth-order valence-corrected chi connectivity index (χ4v) is 2.24. The Bertz CT molecular complexity index is 690. The summed E-state index contributed by atoms with van der Waals surface area (Å²) in [6.07, 6.45) is 0. The highest BCUT2D eigenvalue weighted by atomic mass is 79.9. The van der Waals surface area contributed by atoms with Crippen LogP contribution in [-0.4, -0.2) is 18.1 Å². The molecule has 0 bridgehead atoms. The summed E-state index contributed by atoms with van der Waals surface area (Å²) in [5.41, 5.74) is 2.59. The van der Waals surface area contributed by atoms with Crippen molar-refractivity contribution in [2.75, 3.05) is 11.9 Å². The summed E-state index contributed by atoms with van der Waals surface area (Å²) in [6.45, 7) is 0. The summed E-state index contributed by atoms with van der Waals surface area (Å²) < 4.78 is 0.728. The molecule has 0 radical (unpaired) electrons. The predicted octanol–water partition coefficient (Wildman–Crippen LogP) is 3.79. The second kappa shape index (κ2) is 5.76. The zero-order valence-electron chi connectivity index (χ0n) is 10.7. The fourth-order valence-electron chi connectivity index (χ4n) is 1.78. The maximum Gasteiger partial charge on any atom is 0.335 e. The molecule has 0 aliphatic carbocycles. The van der Waals surface area contributed by atoms with E-state index in [1.807, 2.05) is 24.1 Å². The number of rotatable bonds is 3. The zero-order valence-corrected chi connectivity index (χ0v) is 12.3. The van der Waals surface area contributed by atoms with Gasteiger partial charge in [0.05, 0.1) is 11.1 Å². The Balaban J connectivity index is 2.31. The van der Waals surface area contributed by atoms with Gasteiger partial charge in [-0.3, -0.25) is 0 Å². The summed E-state index contributed by atoms with van der Waals surface area (Å²) in [7, 11) is 1.88. The molecule has 0 saturated carbocycles. The predicted molar refractivity (Wildman–Crippen MR) is 80.3 cm³/mol. The van der Waals surface area contributed by atoms with Crippen molar-refractivity contribution in [3.8, 4) is 6.07 Å². The minimum atomic E-state index is -0.944. The van der Waals surface area contributed by atoms with Crippen LogP contribution in [0.3, 0.4) is 0 Å². The van der Waals surface area contributed by atoms with Crippen molar-refractivity contribution >= 4 is 33.3 Å². The maximum atomic E-state index is 10.8. The topological polar surface area (TPSA) is 64.3 Å². The normalized spacial score (nSPS) is 9.85. The second-order valence-electron chi connectivity index (χ2n) is 4.19. The van der Waals surface area contributed by atoms with E-state index in [4.69, 9.17) is 10.4 Å². The highest BCUT2D eigenvalue weighted by molar-refractivity contribution is 9.10. The Hall–Kier alpha value is -2.32. The number of anilines is 2. The van der Waals surface area contributed by atoms with E-state index >= 15 is 0 Å². The molecule has 0 amide bonds. The number of carboxylic acid groups (broad SMARTS) is 1. The number of benzene rings is 2. The van der Waals surface area contributed by atoms with Crippen molar-refractivity contribution < 1.29 is 9.90 Å². The highest BCUT2D eigenvalue weighted by Gasteiger charge is 2.08. The van der Waals surface area contributed by atoms with Gasteiger partial charge in [0.15, 0.2) is 0 Å². The van der Waals surface area contributed by atoms with Crippen molar-refractivity contribution in [1.82, 2.24) is 0 Å². The number of hydrogen-bond acceptors (Lipinski definition) is 3. The van der Waals surface area contributed by atoms with Crippen LogP contribution < -0.4 is 4.90 Å². The van der Waals surface area contributed by atoms with Gasteiger partial charge in [-0.1, -0.05) is 0 Å². The fraction of sp³-hybridized carbons (Fsp3) is 0.0667. The van der Waals surface area contributed by atoms with E-state index < -0.39 is 5.97 Å². The third-order valence-corrected chi connectivity index (χ3v) is 3.62. The van der Waals surface area contributed by atoms with Crippen LogP contribution in [0.15, 0.2) is 46.9 Å². The van der Waals surface area contributed by atoms with Gasteiger partial charge in [-0.15, -0.1) is 0 Å². The molecule has 2 aromatic carbocycles. The van der Waals surface area contributed by atoms with Gasteiger partial charge in [0, 0.05) is 22.9 Å². The van der Waals surface area contributed by atoms with E-state index in [2.05, 4.69) is 22.0 Å². The molecule has 0 saturated heterocycles. The summed E-state index contributed by atoms with van der Waals surface area (Å²) in [6, 6.07) is 14.1. The van der Waals surface area contributed by atoms with Gasteiger partial charge in [-0.25, -0.2) is 4.79 Å². The molecule has 0 unspecified atom stereocenters. The first-order valence-electron chi connectivity index (χ1n) is 5.79. The molecule has 4 nitrogen and oxygen atoms in total. The second-order valence-corrected chi connectivity index (χ2v) is 5.04. The Kier molecular flexibility index (Phi) is 4.06. The quantitative estimate of drug-likeness (QED) is 0.929. The molecule has 1 N–H and O–H groups in total. The first-order chi connectivity index (χ1) is 9.52. The van der Waals surface area contributed by atoms with Crippen molar-refractivity contribution in [2.45, 2.75) is 0 Å². The summed E-state index contributed by atoms with van der Waals surface area (Å²) in [5, 5.41) is 17.8. The molecular weight excluding hydrogens is 320 g/mol. The lowest BCUT2D eigenvalue weighted by Crippen LogP contribution is -2.09. The molecule has 5 heteroatoms. The first kappa shape index (κ1) is 14.1. The lowest BCUT2D eigenvalue weighted by molar-refractivity contribution is 0.0697. The lowest BCUT2D eigenvalue weighted by atomic mass is 10.1. The summed E-state index contributed by atoms with van der Waals surface area (Å²) in [5.74, 6) is -0.944. The molecule has 2 aromatic rings. The average molecular weight is 331 g/mol. The smallest absolute Gasteiger partial charge is 0.335 e. The van der Waals surface area contributed by atoms with Gasteiger partial charge in [-0.2, -0.15) is 5.26 Å². The van der Waals surface area contributed by atoms with Crippen LogP contribution in [0.5, 0.6) is 0 Å². The molecule has 0 aliphatic rings. The van der Waals surface area contributed by atoms with Gasteiger partial charge in [0.1, 0.15) is 6.07 Å². The van der Waals surface area contributed by atoms with E-state index in [0.717, 1.165) is 15.8 Å². The first-order valence-corrected chi connectivity index (χ1v) is 6.59. The Morgan fingerprint density at radius 3 is 2.30 bits per heavy atom. The number of hydrogen-bond donors (Lipinski definition) is 1. The van der Waals surface area contributed by atoms with E-state index in [0.29, 0.717) is 5.56 Å². The van der Waals surface area contributed by atoms with E-state index in [-0.39, 0.29) is 5.56 Å². The van der Waals surface area contributed by atoms with E-state index in [1.54, 1.807) is 30.3 Å². The van der Waals surface area contributed by atoms with Crippen molar-refractivity contribution in [1.29, 1.82) is 5.26 Å². The van der Waals surface area contributed by atoms with Crippen molar-refractivity contribution in [2.24, 2.45) is 0 Å². The number of carbonyl (C=O) groups is 1. The Morgan fingerprint density at radius 2 is 1.80 bits per heavy atom. The van der Waals surface area contributed by atoms with Crippen molar-refractivity contribution in [3.05, 3.63) is 58.1 Å². The Morgan fingerprint density at radius 1 is 1.20 bits per heavy atom. The van der Waals surface area contributed by atoms with Crippen LogP contribution in [0.2, 0.25) is 0 Å². The standard InChI is InChI=1S/C15H11BrN2O2/c1-18(12-5-2-10(3-6-12)15(19)20)13-7-4-11(9-17)14(16)8-13/h2-8H,1H3,(H,19,20). The van der Waals surface area contributed by atoms with Crippen LogP contribution in [0.1, 0.15) is 15.9 Å². The van der Waals surface area contributed by atoms with Crippen LogP contribution in [0.4, 0.5) is 11.4 Å². The third-order valence-electron chi connectivity index (χ3n) is 2.96. The van der Waals surface area contributed by atoms with E-state index in [9.17, 15) is 4.79 Å². The SMILES string of the molecule is CN(c1ccc(C(=O)O)cc1)c1ccc(C#N)c(Br)c1. The van der Waals surface area contributed by atoms with Gasteiger partial charge >= 0.3 is 5.97 Å². The molecule has 0 aliphatic heterocycles. The molecule has 0 fully saturated rings. The summed E-state index contributed by atoms with van der Waals surface area (Å²) >= 11 is 3.35. The number of aromatic carboxylic acids is 1. The molecular formula is C15H11BrN2O2. The zero-order chi connectivity index (χ0) is 14.7. The Labute approximate surface area is 125 Å². The monoisotopic (exact) mass is 330 g/mol. The molecule has 20 heavy (non-hydrogen) atoms. The summed E-state index contributed by atoms with van der Waals surface area (Å²) in [4.78, 5) is 12.7. The number of nitriles is 1. The van der Waals surface area contributed by atoms with Gasteiger partial charge < -0.3 is 10.0 Å². The third kappa shape index (κ3) is 2.81. The molecule has 0 heterocycles. The highest BCUT2D eigenvalue weighted by Crippen LogP contribution is 2.28. The van der Waals surface area contributed by atoms with Crippen LogP contribution >= 0.6 is 15.9 Å². The van der Waals surface area contributed by atoms with Gasteiger partial charge in [-0.05, 0) is 58.4 Å². The largest absolute Gasteiger partial charge is 0.478 e. The van der Waals surface area contributed by atoms with Crippen LogP contribution in [-0.2, 0) is 0 Å². The van der Waals surface area contributed by atoms with Gasteiger partial charge in [0.2, 0.25) is 0 Å².